The van der Waals surface area contributed by atoms with Gasteiger partial charge in [-0.2, -0.15) is 0 Å². The molecule has 4 unspecified atom stereocenters. The number of aromatic amines is 2. The number of fused-ring (bicyclic) bond motifs is 2. The number of aromatic nitrogens is 3. The van der Waals surface area contributed by atoms with Crippen molar-refractivity contribution in [3.63, 3.8) is 0 Å². The van der Waals surface area contributed by atoms with Gasteiger partial charge >= 0.3 is 12.1 Å². The number of methoxy groups -OCH3 is 1. The quantitative estimate of drug-likeness (QED) is 0.0306. The topological polar surface area (TPSA) is 293 Å². The lowest BCUT2D eigenvalue weighted by Gasteiger charge is -2.23. The second-order valence-electron chi connectivity index (χ2n) is 18.7. The smallest absolute Gasteiger partial charge is 0.408 e. The molecule has 3 aromatic heterocycles. The molecule has 398 valence electrons. The third kappa shape index (κ3) is 16.4. The fourth-order valence-corrected chi connectivity index (χ4v) is 8.31. The highest BCUT2D eigenvalue weighted by Crippen LogP contribution is 2.30. The van der Waals surface area contributed by atoms with Gasteiger partial charge in [-0.15, -0.1) is 11.3 Å². The minimum atomic E-state index is -1.36. The van der Waals surface area contributed by atoms with Crippen LogP contribution in [0.4, 0.5) is 4.79 Å². The van der Waals surface area contributed by atoms with Gasteiger partial charge in [0.05, 0.1) is 32.6 Å². The van der Waals surface area contributed by atoms with Gasteiger partial charge in [-0.25, -0.2) is 9.78 Å². The highest BCUT2D eigenvalue weighted by molar-refractivity contribution is 7.10. The molecule has 0 saturated heterocycles. The molecule has 4 atom stereocenters. The Labute approximate surface area is 432 Å². The third-order valence-corrected chi connectivity index (χ3v) is 11.9. The van der Waals surface area contributed by atoms with E-state index in [1.807, 2.05) is 44.2 Å². The van der Waals surface area contributed by atoms with Gasteiger partial charge in [0.2, 0.25) is 23.6 Å². The van der Waals surface area contributed by atoms with Gasteiger partial charge in [0.25, 0.3) is 11.8 Å². The number of nitrogens with zero attached hydrogens (tertiary/aromatic N) is 2. The fourth-order valence-electron chi connectivity index (χ4n) is 7.47. The number of rotatable bonds is 25. The van der Waals surface area contributed by atoms with E-state index in [0.29, 0.717) is 39.4 Å². The van der Waals surface area contributed by atoms with Crippen LogP contribution in [0.15, 0.2) is 72.5 Å². The molecule has 0 spiro atoms. The molecule has 2 aromatic carbocycles. The van der Waals surface area contributed by atoms with E-state index in [1.54, 1.807) is 52.2 Å². The van der Waals surface area contributed by atoms with Gasteiger partial charge in [-0.3, -0.25) is 33.6 Å². The number of hydrogen-bond donors (Lipinski definition) is 8. The van der Waals surface area contributed by atoms with E-state index in [2.05, 4.69) is 53.4 Å². The van der Waals surface area contributed by atoms with E-state index < -0.39 is 83.8 Å². The molecule has 0 bridgehead atoms. The molecule has 0 aliphatic heterocycles. The van der Waals surface area contributed by atoms with E-state index in [1.165, 1.54) is 26.5 Å². The van der Waals surface area contributed by atoms with Crippen LogP contribution < -0.4 is 36.6 Å². The summed E-state index contributed by atoms with van der Waals surface area (Å²) >= 11 is 1.11. The van der Waals surface area contributed by atoms with Gasteiger partial charge < -0.3 is 65.7 Å². The van der Waals surface area contributed by atoms with Crippen molar-refractivity contribution in [3.05, 3.63) is 94.3 Å². The lowest BCUT2D eigenvalue weighted by molar-refractivity contribution is -0.147. The number of ether oxygens (including phenoxy) is 4. The molecule has 0 aliphatic carbocycles. The van der Waals surface area contributed by atoms with Crippen molar-refractivity contribution in [1.29, 1.82) is 0 Å². The van der Waals surface area contributed by atoms with Gasteiger partial charge in [0.1, 0.15) is 52.8 Å². The molecule has 5 rings (SSSR count). The standard InChI is InChI=1S/C51H66N10O12S/c1-11-72-42(63)24-61(9)49(68)30(5)56-44(64)29(4)55-41(62)23-54-45(65)36(20-32-22-53-35-17-14-18-40(70-10)43(32)35)57-46(66)37(19-31-21-52-34-16-13-12-15-33(31)34)58-47(67)39-27-74-48(59-39)38(26-71-25-28(2)3)60-50(69)73-51(6,7)8/h12-18,21-22,27-29,36-38,52-53H,5,11,19-20,23-26H2,1-4,6-10H3,(H,54,65)(H,55,62)(H,56,64)(H,57,66)(H,58,67)(H,60,69). The Kier molecular flexibility index (Phi) is 20.3. The maximum atomic E-state index is 14.7. The van der Waals surface area contributed by atoms with Gasteiger partial charge in [0.15, 0.2) is 0 Å². The molecule has 22 nitrogen and oxygen atoms in total. The van der Waals surface area contributed by atoms with Crippen molar-refractivity contribution >= 4 is 80.6 Å². The van der Waals surface area contributed by atoms with Gasteiger partial charge in [0, 0.05) is 66.1 Å². The maximum Gasteiger partial charge on any atom is 0.408 e. The first-order valence-electron chi connectivity index (χ1n) is 23.9. The molecule has 0 radical (unpaired) electrons. The number of likely N-dealkylation sites (N-methyl/N-ethyl adjacent to an activating group) is 1. The second-order valence-corrected chi connectivity index (χ2v) is 19.6. The van der Waals surface area contributed by atoms with Crippen LogP contribution in [0.3, 0.4) is 0 Å². The molecular formula is C51H66N10O12S. The first-order chi connectivity index (χ1) is 35.1. The number of H-pyrrole nitrogens is 2. The van der Waals surface area contributed by atoms with Crippen LogP contribution in [-0.4, -0.2) is 138 Å². The Morgan fingerprint density at radius 3 is 2.20 bits per heavy atom. The highest BCUT2D eigenvalue weighted by Gasteiger charge is 2.32. The number of carbonyl (C=O) groups excluding carboxylic acids is 8. The predicted molar refractivity (Wildman–Crippen MR) is 276 cm³/mol. The zero-order chi connectivity index (χ0) is 54.3. The minimum Gasteiger partial charge on any atom is -0.496 e. The van der Waals surface area contributed by atoms with Crippen LogP contribution in [0, 0.1) is 5.92 Å². The van der Waals surface area contributed by atoms with Crippen molar-refractivity contribution in [3.8, 4) is 5.75 Å². The number of carbonyl (C=O) groups is 8. The number of amides is 7. The van der Waals surface area contributed by atoms with Crippen LogP contribution in [0.1, 0.15) is 81.1 Å². The molecule has 3 heterocycles. The summed E-state index contributed by atoms with van der Waals surface area (Å²) in [6.45, 7) is 15.2. The summed E-state index contributed by atoms with van der Waals surface area (Å²) in [4.78, 5) is 119. The van der Waals surface area contributed by atoms with Crippen LogP contribution >= 0.6 is 11.3 Å². The number of esters is 1. The van der Waals surface area contributed by atoms with E-state index in [9.17, 15) is 38.4 Å². The molecule has 8 N–H and O–H groups in total. The SMILES string of the molecule is C=C(NC(=O)C(C)NC(=O)CNC(=O)C(Cc1c[nH]c2cccc(OC)c12)NC(=O)C(Cc1c[nH]c2ccccc12)NC(=O)c1csc(C(COCC(C)C)NC(=O)OC(C)(C)C)n1)C(=O)N(C)CC(=O)OCC. The Morgan fingerprint density at radius 1 is 0.824 bits per heavy atom. The number of para-hydroxylation sites is 1. The monoisotopic (exact) mass is 1040 g/mol. The Balaban J connectivity index is 1.37. The van der Waals surface area contributed by atoms with Crippen LogP contribution in [0.5, 0.6) is 5.75 Å². The average Bonchev–Trinajstić information content (AvgIpc) is 4.11. The van der Waals surface area contributed by atoms with Crippen molar-refractivity contribution in [2.75, 3.05) is 47.1 Å². The number of nitrogens with one attached hydrogen (secondary N) is 8. The van der Waals surface area contributed by atoms with Crippen molar-refractivity contribution in [2.24, 2.45) is 5.92 Å². The largest absolute Gasteiger partial charge is 0.496 e. The molecule has 0 fully saturated rings. The molecule has 74 heavy (non-hydrogen) atoms. The Bertz CT molecular complexity index is 2830. The number of thiazole rings is 1. The Morgan fingerprint density at radius 2 is 1.50 bits per heavy atom. The molecular weight excluding hydrogens is 977 g/mol. The summed E-state index contributed by atoms with van der Waals surface area (Å²) in [5, 5.41) is 19.0. The maximum absolute atomic E-state index is 14.7. The normalized spacial score (nSPS) is 12.9. The molecule has 0 aliphatic rings. The lowest BCUT2D eigenvalue weighted by atomic mass is 10.0. The van der Waals surface area contributed by atoms with Crippen LogP contribution in [0.2, 0.25) is 0 Å². The number of hydrogen-bond acceptors (Lipinski definition) is 14. The van der Waals surface area contributed by atoms with E-state index in [4.69, 9.17) is 18.9 Å². The summed E-state index contributed by atoms with van der Waals surface area (Å²) in [6, 6.07) is 8.09. The summed E-state index contributed by atoms with van der Waals surface area (Å²) < 4.78 is 21.8. The first kappa shape index (κ1) is 57.1. The molecule has 7 amide bonds. The zero-order valence-electron chi connectivity index (χ0n) is 43.0. The van der Waals surface area contributed by atoms with Gasteiger partial charge in [-0.1, -0.05) is 44.7 Å². The molecule has 5 aromatic rings. The second kappa shape index (κ2) is 26.2. The van der Waals surface area contributed by atoms with E-state index in [0.717, 1.165) is 27.1 Å². The van der Waals surface area contributed by atoms with Crippen molar-refractivity contribution < 1.29 is 57.3 Å². The van der Waals surface area contributed by atoms with Crippen molar-refractivity contribution in [2.45, 2.75) is 91.1 Å². The number of benzene rings is 2. The predicted octanol–water partition coefficient (Wildman–Crippen LogP) is 3.69. The van der Waals surface area contributed by atoms with E-state index >= 15 is 0 Å². The van der Waals surface area contributed by atoms with Gasteiger partial charge in [-0.05, 0) is 69.9 Å². The molecule has 23 heteroatoms. The minimum absolute atomic E-state index is 0.0383. The Hall–Kier alpha value is -7.79. The summed E-state index contributed by atoms with van der Waals surface area (Å²) in [7, 11) is 2.82. The summed E-state index contributed by atoms with van der Waals surface area (Å²) in [6.07, 6.45) is 2.53. The first-order valence-corrected chi connectivity index (χ1v) is 24.7. The van der Waals surface area contributed by atoms with Crippen LogP contribution in [0.25, 0.3) is 21.8 Å². The molecule has 0 saturated carbocycles. The average molecular weight is 1040 g/mol. The summed E-state index contributed by atoms with van der Waals surface area (Å²) in [5.41, 5.74) is 1.54. The highest BCUT2D eigenvalue weighted by atomic mass is 32.1. The summed E-state index contributed by atoms with van der Waals surface area (Å²) in [5.74, 6) is -4.59. The fraction of sp³-hybridized carbons (Fsp3) is 0.431. The third-order valence-electron chi connectivity index (χ3n) is 11.0. The lowest BCUT2D eigenvalue weighted by Crippen LogP contribution is -2.56. The zero-order valence-corrected chi connectivity index (χ0v) is 43.8. The van der Waals surface area contributed by atoms with Crippen molar-refractivity contribution in [1.82, 2.24) is 51.8 Å². The van der Waals surface area contributed by atoms with Crippen LogP contribution in [-0.2, 0) is 55.8 Å². The van der Waals surface area contributed by atoms with E-state index in [-0.39, 0.29) is 49.9 Å². The number of alkyl carbamates (subject to hydrolysis) is 1.